The van der Waals surface area contributed by atoms with Gasteiger partial charge < -0.3 is 15.4 Å². The summed E-state index contributed by atoms with van der Waals surface area (Å²) in [5.74, 6) is 0. The second-order valence-electron chi connectivity index (χ2n) is 4.69. The number of hydrogen-bond acceptors (Lipinski definition) is 3. The summed E-state index contributed by atoms with van der Waals surface area (Å²) in [5.41, 5.74) is 7.87. The van der Waals surface area contributed by atoms with Crippen LogP contribution in [-0.2, 0) is 4.74 Å². The van der Waals surface area contributed by atoms with Crippen molar-refractivity contribution in [2.75, 3.05) is 24.6 Å². The van der Waals surface area contributed by atoms with E-state index < -0.39 is 0 Å². The Kier molecular flexibility index (Phi) is 5.19. The fraction of sp³-hybridized carbons (Fsp3) is 0.500. The second-order valence-corrected chi connectivity index (χ2v) is 6.05. The van der Waals surface area contributed by atoms with E-state index in [2.05, 4.69) is 26.9 Å². The van der Waals surface area contributed by atoms with Crippen LogP contribution in [0.3, 0.4) is 0 Å². The van der Waals surface area contributed by atoms with Crippen molar-refractivity contribution in [3.05, 3.63) is 28.2 Å². The average Bonchev–Trinajstić information content (AvgIpc) is 2.39. The van der Waals surface area contributed by atoms with Gasteiger partial charge in [0.15, 0.2) is 0 Å². The summed E-state index contributed by atoms with van der Waals surface area (Å²) in [6.45, 7) is 4.73. The Morgan fingerprint density at radius 2 is 2.37 bits per heavy atom. The number of rotatable bonds is 4. The minimum atomic E-state index is 0.303. The topological polar surface area (TPSA) is 38.5 Å². The summed E-state index contributed by atoms with van der Waals surface area (Å²) in [4.78, 5) is 2.77. The van der Waals surface area contributed by atoms with Crippen molar-refractivity contribution >= 4 is 38.8 Å². The molecule has 0 aromatic heterocycles. The number of thiocarbonyl (C=S) groups is 1. The van der Waals surface area contributed by atoms with Crippen LogP contribution >= 0.6 is 28.1 Å². The molecule has 0 bridgehead atoms. The number of nitrogens with two attached hydrogens (primary N) is 1. The van der Waals surface area contributed by atoms with Crippen LogP contribution < -0.4 is 10.6 Å². The molecule has 1 fully saturated rings. The van der Waals surface area contributed by atoms with Crippen molar-refractivity contribution in [1.29, 1.82) is 0 Å². The molecule has 0 spiro atoms. The molecule has 2 rings (SSSR count). The fourth-order valence-corrected chi connectivity index (χ4v) is 3.03. The zero-order valence-electron chi connectivity index (χ0n) is 11.1. The van der Waals surface area contributed by atoms with E-state index in [0.717, 1.165) is 48.3 Å². The van der Waals surface area contributed by atoms with Crippen LogP contribution in [0, 0.1) is 0 Å². The second kappa shape index (κ2) is 6.68. The summed E-state index contributed by atoms with van der Waals surface area (Å²) in [6, 6.07) is 6.04. The van der Waals surface area contributed by atoms with E-state index in [-0.39, 0.29) is 0 Å². The molecule has 1 aromatic rings. The van der Waals surface area contributed by atoms with Gasteiger partial charge in [0.05, 0.1) is 6.10 Å². The smallest absolute Gasteiger partial charge is 0.106 e. The third-order valence-electron chi connectivity index (χ3n) is 3.35. The lowest BCUT2D eigenvalue weighted by atomic mass is 10.0. The minimum absolute atomic E-state index is 0.303. The summed E-state index contributed by atoms with van der Waals surface area (Å²) < 4.78 is 6.79. The van der Waals surface area contributed by atoms with E-state index in [1.54, 1.807) is 0 Å². The van der Waals surface area contributed by atoms with Crippen molar-refractivity contribution in [2.45, 2.75) is 25.9 Å². The van der Waals surface area contributed by atoms with Gasteiger partial charge in [-0.25, -0.2) is 0 Å². The summed E-state index contributed by atoms with van der Waals surface area (Å²) >= 11 is 8.66. The SMILES string of the molecule is CCOC1CCCN(c2cc(Br)ccc2C(N)=S)C1. The average molecular weight is 343 g/mol. The van der Waals surface area contributed by atoms with Crippen molar-refractivity contribution in [2.24, 2.45) is 5.73 Å². The first kappa shape index (κ1) is 14.8. The molecule has 104 valence electrons. The van der Waals surface area contributed by atoms with Gasteiger partial charge in [-0.2, -0.15) is 0 Å². The maximum absolute atomic E-state index is 5.82. The predicted octanol–water partition coefficient (Wildman–Crippen LogP) is 3.09. The maximum Gasteiger partial charge on any atom is 0.106 e. The third kappa shape index (κ3) is 3.68. The molecule has 1 atom stereocenters. The monoisotopic (exact) mass is 342 g/mol. The van der Waals surface area contributed by atoms with E-state index in [1.807, 2.05) is 19.1 Å². The highest BCUT2D eigenvalue weighted by Gasteiger charge is 2.22. The summed E-state index contributed by atoms with van der Waals surface area (Å²) in [5, 5.41) is 0. The number of nitrogens with zero attached hydrogens (tertiary/aromatic N) is 1. The number of piperidine rings is 1. The van der Waals surface area contributed by atoms with Crippen LogP contribution in [0.1, 0.15) is 25.3 Å². The van der Waals surface area contributed by atoms with Gasteiger partial charge in [-0.15, -0.1) is 0 Å². The molecule has 1 saturated heterocycles. The van der Waals surface area contributed by atoms with Crippen molar-refractivity contribution in [3.8, 4) is 0 Å². The van der Waals surface area contributed by atoms with Crippen molar-refractivity contribution in [1.82, 2.24) is 0 Å². The molecule has 2 N–H and O–H groups in total. The molecule has 3 nitrogen and oxygen atoms in total. The van der Waals surface area contributed by atoms with E-state index in [0.29, 0.717) is 11.1 Å². The van der Waals surface area contributed by atoms with E-state index in [9.17, 15) is 0 Å². The quantitative estimate of drug-likeness (QED) is 0.853. The van der Waals surface area contributed by atoms with Crippen LogP contribution in [0.15, 0.2) is 22.7 Å². The lowest BCUT2D eigenvalue weighted by Gasteiger charge is -2.35. The Hall–Kier alpha value is -0.650. The van der Waals surface area contributed by atoms with E-state index in [4.69, 9.17) is 22.7 Å². The first-order valence-electron chi connectivity index (χ1n) is 6.57. The Balaban J connectivity index is 2.24. The molecule has 0 saturated carbocycles. The van der Waals surface area contributed by atoms with E-state index >= 15 is 0 Å². The molecule has 1 aliphatic heterocycles. The molecular formula is C14H19BrN2OS. The molecule has 0 amide bonds. The Labute approximate surface area is 128 Å². The lowest BCUT2D eigenvalue weighted by molar-refractivity contribution is 0.0526. The minimum Gasteiger partial charge on any atom is -0.389 e. The Bertz CT molecular complexity index is 465. The maximum atomic E-state index is 5.82. The molecule has 1 unspecified atom stereocenters. The van der Waals surface area contributed by atoms with Gasteiger partial charge in [-0.3, -0.25) is 0 Å². The Morgan fingerprint density at radius 1 is 1.58 bits per heavy atom. The molecule has 1 heterocycles. The largest absolute Gasteiger partial charge is 0.389 e. The lowest BCUT2D eigenvalue weighted by Crippen LogP contribution is -2.40. The van der Waals surface area contributed by atoms with Crippen LogP contribution in [-0.4, -0.2) is 30.8 Å². The third-order valence-corrected chi connectivity index (χ3v) is 4.06. The van der Waals surface area contributed by atoms with Gasteiger partial charge in [-0.1, -0.05) is 28.1 Å². The Morgan fingerprint density at radius 3 is 3.05 bits per heavy atom. The van der Waals surface area contributed by atoms with Gasteiger partial charge >= 0.3 is 0 Å². The van der Waals surface area contributed by atoms with Gasteiger partial charge in [0.1, 0.15) is 4.99 Å². The molecule has 0 radical (unpaired) electrons. The predicted molar refractivity (Wildman–Crippen MR) is 86.9 cm³/mol. The normalized spacial score (nSPS) is 19.5. The molecule has 5 heteroatoms. The number of anilines is 1. The summed E-state index contributed by atoms with van der Waals surface area (Å²) in [7, 11) is 0. The van der Waals surface area contributed by atoms with Crippen molar-refractivity contribution in [3.63, 3.8) is 0 Å². The van der Waals surface area contributed by atoms with Crippen LogP contribution in [0.4, 0.5) is 5.69 Å². The highest BCUT2D eigenvalue weighted by atomic mass is 79.9. The fourth-order valence-electron chi connectivity index (χ4n) is 2.50. The van der Waals surface area contributed by atoms with Gasteiger partial charge in [-0.05, 0) is 38.0 Å². The highest BCUT2D eigenvalue weighted by molar-refractivity contribution is 9.10. The van der Waals surface area contributed by atoms with Crippen molar-refractivity contribution < 1.29 is 4.74 Å². The number of ether oxygens (including phenoxy) is 1. The van der Waals surface area contributed by atoms with Crippen LogP contribution in [0.25, 0.3) is 0 Å². The number of halogens is 1. The molecular weight excluding hydrogens is 324 g/mol. The first-order chi connectivity index (χ1) is 9.11. The molecule has 1 aromatic carbocycles. The van der Waals surface area contributed by atoms with Gasteiger partial charge in [0.2, 0.25) is 0 Å². The zero-order chi connectivity index (χ0) is 13.8. The zero-order valence-corrected chi connectivity index (χ0v) is 13.5. The summed E-state index contributed by atoms with van der Waals surface area (Å²) in [6.07, 6.45) is 2.56. The standard InChI is InChI=1S/C14H19BrN2OS/c1-2-18-11-4-3-7-17(9-11)13-8-10(15)5-6-12(13)14(16)19/h5-6,8,11H,2-4,7,9H2,1H3,(H2,16,19). The number of benzene rings is 1. The number of hydrogen-bond donors (Lipinski definition) is 1. The molecule has 0 aliphatic carbocycles. The highest BCUT2D eigenvalue weighted by Crippen LogP contribution is 2.28. The van der Waals surface area contributed by atoms with Crippen LogP contribution in [0.5, 0.6) is 0 Å². The van der Waals surface area contributed by atoms with Gasteiger partial charge in [0, 0.05) is 35.4 Å². The first-order valence-corrected chi connectivity index (χ1v) is 7.78. The molecule has 1 aliphatic rings. The van der Waals surface area contributed by atoms with Crippen LogP contribution in [0.2, 0.25) is 0 Å². The van der Waals surface area contributed by atoms with E-state index in [1.165, 1.54) is 0 Å². The molecule has 19 heavy (non-hydrogen) atoms. The van der Waals surface area contributed by atoms with Gasteiger partial charge in [0.25, 0.3) is 0 Å².